The molecule has 2 amide bonds. The molecule has 0 fully saturated rings. The van der Waals surface area contributed by atoms with Gasteiger partial charge in [-0.2, -0.15) is 5.10 Å². The van der Waals surface area contributed by atoms with E-state index in [1.165, 1.54) is 11.8 Å². The molecule has 2 N–H and O–H groups in total. The molecule has 3 aromatic carbocycles. The summed E-state index contributed by atoms with van der Waals surface area (Å²) in [6.07, 6.45) is 1.49. The molecule has 0 saturated carbocycles. The number of aryl methyl sites for hydroxylation is 1. The molecule has 0 unspecified atom stereocenters. The summed E-state index contributed by atoms with van der Waals surface area (Å²) in [6, 6.07) is 24.0. The van der Waals surface area contributed by atoms with Gasteiger partial charge in [0.05, 0.1) is 12.6 Å². The molecule has 37 heavy (non-hydrogen) atoms. The summed E-state index contributed by atoms with van der Waals surface area (Å²) in [5.41, 5.74) is 4.87. The number of hydrogen-bond acceptors (Lipinski definition) is 8. The fourth-order valence-corrected chi connectivity index (χ4v) is 3.88. The molecule has 4 aromatic rings. The van der Waals surface area contributed by atoms with Gasteiger partial charge in [0.25, 0.3) is 5.91 Å². The summed E-state index contributed by atoms with van der Waals surface area (Å²) >= 11 is 1.13. The van der Waals surface area contributed by atoms with Crippen LogP contribution in [0, 0.1) is 6.92 Å². The lowest BCUT2D eigenvalue weighted by Crippen LogP contribution is -2.19. The Kier molecular flexibility index (Phi) is 8.92. The van der Waals surface area contributed by atoms with Crippen LogP contribution in [0.25, 0.3) is 0 Å². The van der Waals surface area contributed by atoms with Gasteiger partial charge in [-0.3, -0.25) is 14.9 Å². The number of carbonyl (C=O) groups excluding carboxylic acids is 2. The van der Waals surface area contributed by atoms with Crippen molar-refractivity contribution in [3.8, 4) is 11.5 Å². The summed E-state index contributed by atoms with van der Waals surface area (Å²) in [4.78, 5) is 24.5. The Morgan fingerprint density at radius 3 is 2.46 bits per heavy atom. The third-order valence-electron chi connectivity index (χ3n) is 4.98. The van der Waals surface area contributed by atoms with Crippen molar-refractivity contribution in [3.63, 3.8) is 0 Å². The number of hydrogen-bond donors (Lipinski definition) is 2. The molecule has 9 nitrogen and oxygen atoms in total. The Labute approximate surface area is 218 Å². The number of ether oxygens (including phenoxy) is 2. The normalized spacial score (nSPS) is 10.7. The first-order valence-electron chi connectivity index (χ1n) is 11.5. The van der Waals surface area contributed by atoms with Gasteiger partial charge >= 0.3 is 0 Å². The van der Waals surface area contributed by atoms with Gasteiger partial charge in [-0.05, 0) is 43.3 Å². The molecule has 10 heteroatoms. The number of benzene rings is 3. The summed E-state index contributed by atoms with van der Waals surface area (Å²) in [7, 11) is 0. The quantitative estimate of drug-likeness (QED) is 0.175. The maximum Gasteiger partial charge on any atom is 0.257 e. The number of hydrazone groups is 1. The third-order valence-corrected chi connectivity index (χ3v) is 5.82. The highest BCUT2D eigenvalue weighted by Crippen LogP contribution is 2.18. The smallest absolute Gasteiger partial charge is 0.257 e. The van der Waals surface area contributed by atoms with Crippen LogP contribution in [0.2, 0.25) is 0 Å². The summed E-state index contributed by atoms with van der Waals surface area (Å²) in [5.74, 6) is 0.752. The maximum absolute atomic E-state index is 12.3. The zero-order valence-electron chi connectivity index (χ0n) is 20.1. The number of para-hydroxylation sites is 1. The molecule has 4 rings (SSSR count). The van der Waals surface area contributed by atoms with Crippen molar-refractivity contribution in [2.24, 2.45) is 5.10 Å². The summed E-state index contributed by atoms with van der Waals surface area (Å²) in [5, 5.41) is 15.4. The molecule has 0 aliphatic heterocycles. The minimum absolute atomic E-state index is 0.0231. The van der Waals surface area contributed by atoms with Crippen molar-refractivity contribution in [1.82, 2.24) is 15.6 Å². The molecule has 0 aliphatic rings. The van der Waals surface area contributed by atoms with Gasteiger partial charge < -0.3 is 9.47 Å². The lowest BCUT2D eigenvalue weighted by atomic mass is 10.2. The molecule has 0 bridgehead atoms. The van der Waals surface area contributed by atoms with Crippen LogP contribution in [0.4, 0.5) is 5.13 Å². The van der Waals surface area contributed by atoms with E-state index in [1.54, 1.807) is 24.3 Å². The lowest BCUT2D eigenvalue weighted by Gasteiger charge is -2.10. The van der Waals surface area contributed by atoms with Gasteiger partial charge in [0.2, 0.25) is 11.0 Å². The average molecular weight is 516 g/mol. The first kappa shape index (κ1) is 25.5. The van der Waals surface area contributed by atoms with Crippen molar-refractivity contribution in [1.29, 1.82) is 0 Å². The Bertz CT molecular complexity index is 1360. The molecular weight excluding hydrogens is 490 g/mol. The molecule has 0 atom stereocenters. The number of aromatic nitrogens is 2. The molecular formula is C27H25N5O4S. The second kappa shape index (κ2) is 12.9. The molecule has 0 aliphatic carbocycles. The molecule has 188 valence electrons. The Hall–Kier alpha value is -4.57. The van der Waals surface area contributed by atoms with Gasteiger partial charge in [-0.25, -0.2) is 5.43 Å². The molecule has 0 saturated heterocycles. The van der Waals surface area contributed by atoms with E-state index >= 15 is 0 Å². The van der Waals surface area contributed by atoms with E-state index in [1.807, 2.05) is 61.5 Å². The number of anilines is 1. The topological polar surface area (TPSA) is 115 Å². The number of nitrogens with zero attached hydrogens (tertiary/aromatic N) is 3. The van der Waals surface area contributed by atoms with Crippen LogP contribution in [-0.2, 0) is 11.2 Å². The van der Waals surface area contributed by atoms with Crippen molar-refractivity contribution in [3.05, 3.63) is 101 Å². The molecule has 1 heterocycles. The standard InChI is InChI=1S/C27H25N5O4S/c1-19-11-13-22(14-12-19)35-15-16-36-23-10-6-5-9-21(23)18-28-30-24(33)17-25-31-32-27(37-25)29-26(34)20-7-3-2-4-8-20/h2-14,18H,15-17H2,1H3,(H,30,33)(H,29,32,34)/b28-18-. The first-order chi connectivity index (χ1) is 18.1. The zero-order valence-corrected chi connectivity index (χ0v) is 20.9. The maximum atomic E-state index is 12.3. The lowest BCUT2D eigenvalue weighted by molar-refractivity contribution is -0.120. The van der Waals surface area contributed by atoms with Crippen molar-refractivity contribution in [2.75, 3.05) is 18.5 Å². The first-order valence-corrected chi connectivity index (χ1v) is 12.3. The van der Waals surface area contributed by atoms with Crippen LogP contribution >= 0.6 is 11.3 Å². The monoisotopic (exact) mass is 515 g/mol. The van der Waals surface area contributed by atoms with Gasteiger partial charge in [-0.1, -0.05) is 59.4 Å². The average Bonchev–Trinajstić information content (AvgIpc) is 3.35. The highest BCUT2D eigenvalue weighted by Gasteiger charge is 2.12. The predicted octanol–water partition coefficient (Wildman–Crippen LogP) is 4.25. The van der Waals surface area contributed by atoms with E-state index in [0.29, 0.717) is 40.2 Å². The fourth-order valence-electron chi connectivity index (χ4n) is 3.15. The van der Waals surface area contributed by atoms with E-state index in [9.17, 15) is 9.59 Å². The molecule has 0 radical (unpaired) electrons. The van der Waals surface area contributed by atoms with Crippen LogP contribution in [-0.4, -0.2) is 41.4 Å². The van der Waals surface area contributed by atoms with Gasteiger partial charge in [-0.15, -0.1) is 10.2 Å². The van der Waals surface area contributed by atoms with Gasteiger partial charge in [0, 0.05) is 11.1 Å². The number of nitrogens with one attached hydrogen (secondary N) is 2. The van der Waals surface area contributed by atoms with Crippen LogP contribution in [0.3, 0.4) is 0 Å². The molecule has 1 aromatic heterocycles. The van der Waals surface area contributed by atoms with E-state index < -0.39 is 0 Å². The van der Waals surface area contributed by atoms with Crippen LogP contribution < -0.4 is 20.2 Å². The second-order valence-corrected chi connectivity index (χ2v) is 8.90. The molecule has 0 spiro atoms. The van der Waals surface area contributed by atoms with Crippen molar-refractivity contribution < 1.29 is 19.1 Å². The fraction of sp³-hybridized carbons (Fsp3) is 0.148. The number of carbonyl (C=O) groups is 2. The van der Waals surface area contributed by atoms with E-state index in [-0.39, 0.29) is 18.2 Å². The summed E-state index contributed by atoms with van der Waals surface area (Å²) < 4.78 is 11.5. The Morgan fingerprint density at radius 1 is 0.919 bits per heavy atom. The number of rotatable bonds is 11. The van der Waals surface area contributed by atoms with Crippen molar-refractivity contribution in [2.45, 2.75) is 13.3 Å². The van der Waals surface area contributed by atoms with Crippen LogP contribution in [0.1, 0.15) is 26.5 Å². The third kappa shape index (κ3) is 7.97. The second-order valence-electron chi connectivity index (χ2n) is 7.84. The van der Waals surface area contributed by atoms with Crippen LogP contribution in [0.15, 0.2) is 84.0 Å². The Morgan fingerprint density at radius 2 is 1.65 bits per heavy atom. The predicted molar refractivity (Wildman–Crippen MR) is 142 cm³/mol. The van der Waals surface area contributed by atoms with Gasteiger partial charge in [0.1, 0.15) is 29.7 Å². The largest absolute Gasteiger partial charge is 0.490 e. The van der Waals surface area contributed by atoms with Crippen molar-refractivity contribution >= 4 is 34.5 Å². The van der Waals surface area contributed by atoms with E-state index in [0.717, 1.165) is 17.1 Å². The Balaban J connectivity index is 1.23. The highest BCUT2D eigenvalue weighted by molar-refractivity contribution is 7.15. The summed E-state index contributed by atoms with van der Waals surface area (Å²) in [6.45, 7) is 2.76. The SMILES string of the molecule is Cc1ccc(OCCOc2ccccc2/C=N\NC(=O)Cc2nnc(NC(=O)c3ccccc3)s2)cc1. The number of amides is 2. The van der Waals surface area contributed by atoms with E-state index in [2.05, 4.69) is 26.0 Å². The van der Waals surface area contributed by atoms with E-state index in [4.69, 9.17) is 9.47 Å². The zero-order chi connectivity index (χ0) is 25.9. The minimum atomic E-state index is -0.363. The van der Waals surface area contributed by atoms with Gasteiger partial charge in [0.15, 0.2) is 0 Å². The van der Waals surface area contributed by atoms with Crippen LogP contribution in [0.5, 0.6) is 11.5 Å². The highest BCUT2D eigenvalue weighted by atomic mass is 32.1. The minimum Gasteiger partial charge on any atom is -0.490 e.